The van der Waals surface area contributed by atoms with Crippen molar-refractivity contribution in [2.75, 3.05) is 25.6 Å². The highest BCUT2D eigenvalue weighted by Gasteiger charge is 2.13. The van der Waals surface area contributed by atoms with Gasteiger partial charge < -0.3 is 24.8 Å². The van der Waals surface area contributed by atoms with Gasteiger partial charge in [0.1, 0.15) is 5.75 Å². The minimum Gasteiger partial charge on any atom is -0.497 e. The molecule has 0 aliphatic carbocycles. The molecule has 10 nitrogen and oxygen atoms in total. The molecule has 0 saturated heterocycles. The fourth-order valence-electron chi connectivity index (χ4n) is 3.19. The Morgan fingerprint density at radius 2 is 1.63 bits per heavy atom. The number of anilines is 1. The molecule has 10 heteroatoms. The lowest BCUT2D eigenvalue weighted by atomic mass is 10.1. The summed E-state index contributed by atoms with van der Waals surface area (Å²) in [5.41, 5.74) is 5.38. The van der Waals surface area contributed by atoms with Crippen LogP contribution in [-0.2, 0) is 20.9 Å². The molecule has 3 N–H and O–H groups in total. The molecule has 3 amide bonds. The largest absolute Gasteiger partial charge is 0.497 e. The Balaban J connectivity index is 1.51. The second-order valence-corrected chi connectivity index (χ2v) is 8.07. The van der Waals surface area contributed by atoms with Gasteiger partial charge in [-0.1, -0.05) is 29.8 Å². The van der Waals surface area contributed by atoms with Crippen molar-refractivity contribution >= 4 is 29.6 Å². The van der Waals surface area contributed by atoms with E-state index in [1.165, 1.54) is 6.21 Å². The number of ether oxygens (including phenoxy) is 3. The van der Waals surface area contributed by atoms with Crippen molar-refractivity contribution in [2.45, 2.75) is 20.4 Å². The Kier molecular flexibility index (Phi) is 10.2. The van der Waals surface area contributed by atoms with E-state index in [4.69, 9.17) is 14.2 Å². The van der Waals surface area contributed by atoms with E-state index in [2.05, 4.69) is 21.2 Å². The van der Waals surface area contributed by atoms with Gasteiger partial charge in [0.25, 0.3) is 5.91 Å². The topological polar surface area (TPSA) is 127 Å². The molecule has 0 saturated carbocycles. The second-order valence-electron chi connectivity index (χ2n) is 8.07. The van der Waals surface area contributed by atoms with Gasteiger partial charge in [-0.3, -0.25) is 14.4 Å². The highest BCUT2D eigenvalue weighted by molar-refractivity contribution is 6.35. The smallest absolute Gasteiger partial charge is 0.329 e. The normalized spacial score (nSPS) is 10.5. The summed E-state index contributed by atoms with van der Waals surface area (Å²) in [4.78, 5) is 36.3. The highest BCUT2D eigenvalue weighted by atomic mass is 16.5. The van der Waals surface area contributed by atoms with E-state index in [9.17, 15) is 14.4 Å². The van der Waals surface area contributed by atoms with Crippen molar-refractivity contribution in [2.24, 2.45) is 5.10 Å². The van der Waals surface area contributed by atoms with Crippen molar-refractivity contribution in [1.82, 2.24) is 10.7 Å². The maximum atomic E-state index is 12.3. The number of nitrogens with one attached hydrogen (secondary N) is 3. The van der Waals surface area contributed by atoms with Gasteiger partial charge in [-0.05, 0) is 67.4 Å². The zero-order chi connectivity index (χ0) is 27.3. The van der Waals surface area contributed by atoms with Crippen LogP contribution in [0.5, 0.6) is 17.2 Å². The van der Waals surface area contributed by atoms with Crippen LogP contribution in [0, 0.1) is 6.92 Å². The summed E-state index contributed by atoms with van der Waals surface area (Å²) in [6.45, 7) is 4.15. The molecule has 0 spiro atoms. The van der Waals surface area contributed by atoms with Crippen LogP contribution in [0.4, 0.5) is 5.69 Å². The Morgan fingerprint density at radius 1 is 0.895 bits per heavy atom. The summed E-state index contributed by atoms with van der Waals surface area (Å²) in [5.74, 6) is -0.573. The predicted octanol–water partition coefficient (Wildman–Crippen LogP) is 3.19. The molecule has 38 heavy (non-hydrogen) atoms. The van der Waals surface area contributed by atoms with Crippen molar-refractivity contribution in [3.63, 3.8) is 0 Å². The minimum absolute atomic E-state index is 0.229. The summed E-state index contributed by atoms with van der Waals surface area (Å²) in [6.07, 6.45) is 1.37. The van der Waals surface area contributed by atoms with Gasteiger partial charge in [-0.2, -0.15) is 5.10 Å². The van der Waals surface area contributed by atoms with E-state index in [-0.39, 0.29) is 19.1 Å². The number of hydrogen-bond donors (Lipinski definition) is 3. The molecule has 0 heterocycles. The average molecular weight is 519 g/mol. The van der Waals surface area contributed by atoms with Crippen LogP contribution < -0.4 is 30.3 Å². The first-order valence-electron chi connectivity index (χ1n) is 11.9. The van der Waals surface area contributed by atoms with E-state index in [1.54, 1.807) is 49.6 Å². The number of nitrogens with zero attached hydrogens (tertiary/aromatic N) is 1. The Labute approximate surface area is 221 Å². The monoisotopic (exact) mass is 518 g/mol. The van der Waals surface area contributed by atoms with Crippen molar-refractivity contribution < 1.29 is 28.6 Å². The molecule has 0 aliphatic rings. The fourth-order valence-corrected chi connectivity index (χ4v) is 3.19. The molecule has 0 aromatic heterocycles. The molecule has 3 aromatic carbocycles. The minimum atomic E-state index is -0.888. The van der Waals surface area contributed by atoms with Gasteiger partial charge in [0.2, 0.25) is 0 Å². The van der Waals surface area contributed by atoms with Gasteiger partial charge >= 0.3 is 11.8 Å². The summed E-state index contributed by atoms with van der Waals surface area (Å²) in [7, 11) is 1.57. The predicted molar refractivity (Wildman–Crippen MR) is 143 cm³/mol. The standard InChI is InChI=1S/C28H30N4O6/c1-4-37-25-15-21(17-30-32-28(35)27(34)29-16-20-7-5-19(2)6-8-20)9-14-24(25)38-18-26(33)31-22-10-12-23(36-3)13-11-22/h5-15,17H,4,16,18H2,1-3H3,(H,29,34)(H,31,33)(H,32,35)/b30-17-. The molecule has 0 atom stereocenters. The SMILES string of the molecule is CCOc1cc(/C=N\NC(=O)C(=O)NCc2ccc(C)cc2)ccc1OCC(=O)Nc1ccc(OC)cc1. The number of hydrazone groups is 1. The van der Waals surface area contributed by atoms with Crippen LogP contribution in [0.25, 0.3) is 0 Å². The fraction of sp³-hybridized carbons (Fsp3) is 0.214. The van der Waals surface area contributed by atoms with Gasteiger partial charge in [-0.25, -0.2) is 5.43 Å². The second kappa shape index (κ2) is 14.0. The van der Waals surface area contributed by atoms with Crippen molar-refractivity contribution in [3.8, 4) is 17.2 Å². The van der Waals surface area contributed by atoms with E-state index in [0.29, 0.717) is 35.1 Å². The molecule has 0 unspecified atom stereocenters. The average Bonchev–Trinajstić information content (AvgIpc) is 2.92. The lowest BCUT2D eigenvalue weighted by molar-refractivity contribution is -0.139. The molecule has 0 radical (unpaired) electrons. The van der Waals surface area contributed by atoms with Crippen LogP contribution in [-0.4, -0.2) is 44.3 Å². The van der Waals surface area contributed by atoms with Crippen LogP contribution in [0.3, 0.4) is 0 Å². The number of benzene rings is 3. The molecule has 0 aliphatic heterocycles. The quantitative estimate of drug-likeness (QED) is 0.203. The molecule has 0 fully saturated rings. The van der Waals surface area contributed by atoms with Gasteiger partial charge in [0.05, 0.1) is 19.9 Å². The van der Waals surface area contributed by atoms with Gasteiger partial charge in [0, 0.05) is 12.2 Å². The summed E-state index contributed by atoms with van der Waals surface area (Å²) < 4.78 is 16.4. The molecule has 198 valence electrons. The third kappa shape index (κ3) is 8.66. The Hall–Kier alpha value is -4.86. The molecular formula is C28H30N4O6. The highest BCUT2D eigenvalue weighted by Crippen LogP contribution is 2.28. The molecule has 0 bridgehead atoms. The number of carbonyl (C=O) groups excluding carboxylic acids is 3. The number of amides is 3. The zero-order valence-electron chi connectivity index (χ0n) is 21.4. The van der Waals surface area contributed by atoms with E-state index in [0.717, 1.165) is 11.1 Å². The van der Waals surface area contributed by atoms with Gasteiger partial charge in [-0.15, -0.1) is 0 Å². The summed E-state index contributed by atoms with van der Waals surface area (Å²) in [5, 5.41) is 9.12. The molecular weight excluding hydrogens is 488 g/mol. The zero-order valence-corrected chi connectivity index (χ0v) is 21.4. The van der Waals surface area contributed by atoms with Crippen LogP contribution in [0.1, 0.15) is 23.6 Å². The lowest BCUT2D eigenvalue weighted by Crippen LogP contribution is -2.37. The maximum Gasteiger partial charge on any atom is 0.329 e. The number of rotatable bonds is 11. The van der Waals surface area contributed by atoms with Crippen LogP contribution in [0.15, 0.2) is 71.8 Å². The van der Waals surface area contributed by atoms with Crippen LogP contribution >= 0.6 is 0 Å². The Morgan fingerprint density at radius 3 is 2.32 bits per heavy atom. The van der Waals surface area contributed by atoms with E-state index in [1.807, 2.05) is 38.1 Å². The van der Waals surface area contributed by atoms with E-state index >= 15 is 0 Å². The first-order chi connectivity index (χ1) is 18.4. The lowest BCUT2D eigenvalue weighted by Gasteiger charge is -2.13. The molecule has 3 aromatic rings. The third-order valence-corrected chi connectivity index (χ3v) is 5.16. The van der Waals surface area contributed by atoms with Crippen molar-refractivity contribution in [3.05, 3.63) is 83.4 Å². The summed E-state index contributed by atoms with van der Waals surface area (Å²) >= 11 is 0. The maximum absolute atomic E-state index is 12.3. The third-order valence-electron chi connectivity index (χ3n) is 5.16. The number of methoxy groups -OCH3 is 1. The van der Waals surface area contributed by atoms with E-state index < -0.39 is 11.8 Å². The number of aryl methyl sites for hydroxylation is 1. The van der Waals surface area contributed by atoms with Gasteiger partial charge in [0.15, 0.2) is 18.1 Å². The number of carbonyl (C=O) groups is 3. The summed E-state index contributed by atoms with van der Waals surface area (Å²) in [6, 6.07) is 19.5. The first kappa shape index (κ1) is 27.7. The number of hydrogen-bond acceptors (Lipinski definition) is 7. The first-order valence-corrected chi connectivity index (χ1v) is 11.9. The molecule has 3 rings (SSSR count). The van der Waals surface area contributed by atoms with Crippen molar-refractivity contribution in [1.29, 1.82) is 0 Å². The Bertz CT molecular complexity index is 1270. The van der Waals surface area contributed by atoms with Crippen LogP contribution in [0.2, 0.25) is 0 Å².